The number of carboxylic acid groups (broad SMARTS) is 2. The Hall–Kier alpha value is -4.96. The normalized spacial score (nSPS) is 22.6. The second-order valence-electron chi connectivity index (χ2n) is 14.5. The summed E-state index contributed by atoms with van der Waals surface area (Å²) in [4.78, 5) is 27.2. The van der Waals surface area contributed by atoms with E-state index < -0.39 is 11.9 Å². The molecule has 15 nitrogen and oxygen atoms in total. The van der Waals surface area contributed by atoms with Gasteiger partial charge in [0.25, 0.3) is 5.88 Å². The number of anilines is 2. The van der Waals surface area contributed by atoms with Crippen molar-refractivity contribution < 1.29 is 34.0 Å². The van der Waals surface area contributed by atoms with Crippen LogP contribution in [0.5, 0.6) is 17.5 Å². The highest BCUT2D eigenvalue weighted by molar-refractivity contribution is 6.42. The standard InChI is InChI=1S/C23H22Cl2N4O4.C15H14Cl2N4O3/c1-32-15-5-2-13(3-6-15)9-29-22(21(23(30)31)26-27-29)33-12-18-16-10-28(11-17(16)18)14-4-7-19(24)20(25)8-14;16-11-2-1-7(3-12(11)17)21-4-8-9(5-21)10(8)6-24-14-13(15(22)23)18-20-19-14/h2-8,16-18H,9-12H2,1H3,(H,30,31);1-3,8-10H,4-6H2,(H,22,23)(H,18,19,20). The Morgan fingerprint density at radius 2 is 1.28 bits per heavy atom. The molecule has 0 bridgehead atoms. The number of nitrogens with zero attached hydrogens (tertiary/aromatic N) is 7. The zero-order valence-electron chi connectivity index (χ0n) is 30.3. The van der Waals surface area contributed by atoms with Crippen LogP contribution >= 0.6 is 46.4 Å². The SMILES string of the molecule is COc1ccc(Cn2nnc(C(=O)O)c2OCC2C3CN(c4ccc(Cl)c(Cl)c4)CC23)cc1.O=C(O)c1[nH]nnc1OCC1C2CN(c3ccc(Cl)c(Cl)c3)CC12. The first-order valence-electron chi connectivity index (χ1n) is 18.1. The summed E-state index contributed by atoms with van der Waals surface area (Å²) < 4.78 is 18.2. The fraction of sp³-hybridized carbons (Fsp3) is 0.368. The van der Waals surface area contributed by atoms with Crippen LogP contribution in [0.25, 0.3) is 0 Å². The fourth-order valence-electron chi connectivity index (χ4n) is 7.98. The van der Waals surface area contributed by atoms with Gasteiger partial charge in [-0.2, -0.15) is 0 Å². The first-order valence-corrected chi connectivity index (χ1v) is 19.6. The van der Waals surface area contributed by atoms with Gasteiger partial charge in [0.05, 0.1) is 47.0 Å². The van der Waals surface area contributed by atoms with Crippen molar-refractivity contribution >= 4 is 69.7 Å². The number of carboxylic acids is 2. The highest BCUT2D eigenvalue weighted by atomic mass is 35.5. The summed E-state index contributed by atoms with van der Waals surface area (Å²) >= 11 is 24.2. The lowest BCUT2D eigenvalue weighted by Crippen LogP contribution is -2.25. The van der Waals surface area contributed by atoms with Gasteiger partial charge in [-0.15, -0.1) is 5.10 Å². The summed E-state index contributed by atoms with van der Waals surface area (Å²) in [6.45, 7) is 4.92. The Morgan fingerprint density at radius 3 is 1.77 bits per heavy atom. The maximum Gasteiger partial charge on any atom is 0.362 e. The lowest BCUT2D eigenvalue weighted by atomic mass is 10.2. The Balaban J connectivity index is 0.000000168. The molecule has 4 unspecified atom stereocenters. The van der Waals surface area contributed by atoms with Gasteiger partial charge in [0.2, 0.25) is 17.3 Å². The molecule has 9 rings (SSSR count). The van der Waals surface area contributed by atoms with Crippen LogP contribution < -0.4 is 24.0 Å². The highest BCUT2D eigenvalue weighted by Gasteiger charge is 2.57. The second-order valence-corrected chi connectivity index (χ2v) is 16.1. The van der Waals surface area contributed by atoms with Crippen LogP contribution in [0, 0.1) is 35.5 Å². The van der Waals surface area contributed by atoms with E-state index >= 15 is 0 Å². The molecule has 0 spiro atoms. The van der Waals surface area contributed by atoms with Crippen LogP contribution in [-0.2, 0) is 6.54 Å². The Kier molecular flexibility index (Phi) is 11.0. The first-order chi connectivity index (χ1) is 27.5. The summed E-state index contributed by atoms with van der Waals surface area (Å²) in [5.41, 5.74) is 2.78. The number of benzene rings is 3. The number of halogens is 4. The predicted molar refractivity (Wildman–Crippen MR) is 212 cm³/mol. The van der Waals surface area contributed by atoms with Crippen molar-refractivity contribution in [3.8, 4) is 17.5 Å². The van der Waals surface area contributed by atoms with E-state index in [1.54, 1.807) is 7.11 Å². The van der Waals surface area contributed by atoms with Crippen molar-refractivity contribution in [2.45, 2.75) is 6.54 Å². The minimum absolute atomic E-state index is 0.0498. The van der Waals surface area contributed by atoms with Gasteiger partial charge in [0, 0.05) is 49.4 Å². The molecular formula is C38H36Cl4N8O7. The average molecular weight is 859 g/mol. The third kappa shape index (κ3) is 8.24. The van der Waals surface area contributed by atoms with E-state index in [1.165, 1.54) is 4.68 Å². The van der Waals surface area contributed by atoms with Crippen molar-refractivity contribution in [3.63, 3.8) is 0 Å². The number of aromatic amines is 1. The van der Waals surface area contributed by atoms with Crippen LogP contribution in [0.2, 0.25) is 20.1 Å². The Morgan fingerprint density at radius 1 is 0.737 bits per heavy atom. The molecule has 2 saturated heterocycles. The van der Waals surface area contributed by atoms with Gasteiger partial charge in [0.15, 0.2) is 0 Å². The minimum Gasteiger partial charge on any atom is -0.497 e. The number of nitrogens with one attached hydrogen (secondary N) is 1. The molecule has 2 aromatic heterocycles. The predicted octanol–water partition coefficient (Wildman–Crippen LogP) is 6.67. The number of rotatable bonds is 13. The quantitative estimate of drug-likeness (QED) is 0.114. The van der Waals surface area contributed by atoms with Crippen LogP contribution in [0.4, 0.5) is 11.4 Å². The maximum absolute atomic E-state index is 11.6. The molecule has 5 aromatic rings. The number of aromatic nitrogens is 6. The van der Waals surface area contributed by atoms with Gasteiger partial charge in [-0.25, -0.2) is 19.4 Å². The zero-order valence-corrected chi connectivity index (χ0v) is 33.3. The number of hydrogen-bond acceptors (Lipinski definition) is 11. The average Bonchev–Trinajstić information content (AvgIpc) is 3.64. The monoisotopic (exact) mass is 856 g/mol. The van der Waals surface area contributed by atoms with Gasteiger partial charge >= 0.3 is 11.9 Å². The largest absolute Gasteiger partial charge is 0.497 e. The van der Waals surface area contributed by atoms with Crippen LogP contribution in [0.1, 0.15) is 26.5 Å². The number of piperidine rings is 2. The number of hydrogen-bond donors (Lipinski definition) is 3. The number of carbonyl (C=O) groups is 2. The molecular weight excluding hydrogens is 822 g/mol. The molecule has 57 heavy (non-hydrogen) atoms. The topological polar surface area (TPSA) is 181 Å². The molecule has 298 valence electrons. The minimum atomic E-state index is -1.16. The summed E-state index contributed by atoms with van der Waals surface area (Å²) in [5.74, 6) is 1.56. The summed E-state index contributed by atoms with van der Waals surface area (Å²) in [6.07, 6.45) is 0. The number of methoxy groups -OCH3 is 1. The third-order valence-electron chi connectivity index (χ3n) is 11.2. The molecule has 2 aliphatic carbocycles. The molecule has 2 aliphatic heterocycles. The smallest absolute Gasteiger partial charge is 0.362 e. The molecule has 2 saturated carbocycles. The molecule has 0 amide bonds. The van der Waals surface area contributed by atoms with E-state index in [0.29, 0.717) is 75.4 Å². The third-order valence-corrected chi connectivity index (χ3v) is 12.7. The maximum atomic E-state index is 11.6. The molecule has 19 heteroatoms. The van der Waals surface area contributed by atoms with Crippen LogP contribution in [0.3, 0.4) is 0 Å². The molecule has 0 radical (unpaired) electrons. The van der Waals surface area contributed by atoms with Crippen molar-refractivity contribution in [2.75, 3.05) is 56.3 Å². The van der Waals surface area contributed by atoms with Gasteiger partial charge in [-0.1, -0.05) is 74.1 Å². The molecule has 4 atom stereocenters. The molecule has 4 aliphatic rings. The summed E-state index contributed by atoms with van der Waals surface area (Å²) in [7, 11) is 1.61. The van der Waals surface area contributed by atoms with Crippen LogP contribution in [0.15, 0.2) is 60.7 Å². The van der Waals surface area contributed by atoms with E-state index in [-0.39, 0.29) is 23.1 Å². The lowest BCUT2D eigenvalue weighted by Gasteiger charge is -2.22. The molecule has 3 aromatic carbocycles. The van der Waals surface area contributed by atoms with E-state index in [1.807, 2.05) is 60.7 Å². The van der Waals surface area contributed by atoms with E-state index in [9.17, 15) is 14.7 Å². The molecule has 4 fully saturated rings. The van der Waals surface area contributed by atoms with Crippen molar-refractivity contribution in [1.82, 2.24) is 30.4 Å². The van der Waals surface area contributed by atoms with Gasteiger partial charge in [0.1, 0.15) is 5.75 Å². The first kappa shape index (κ1) is 38.9. The fourth-order valence-corrected chi connectivity index (χ4v) is 8.56. The van der Waals surface area contributed by atoms with Crippen molar-refractivity contribution in [2.24, 2.45) is 35.5 Å². The number of fused-ring (bicyclic) bond motifs is 2. The van der Waals surface area contributed by atoms with E-state index in [4.69, 9.17) is 65.7 Å². The van der Waals surface area contributed by atoms with Gasteiger partial charge < -0.3 is 34.2 Å². The lowest BCUT2D eigenvalue weighted by molar-refractivity contribution is 0.0673. The zero-order chi connectivity index (χ0) is 40.0. The number of ether oxygens (including phenoxy) is 3. The van der Waals surface area contributed by atoms with E-state index in [0.717, 1.165) is 48.9 Å². The number of aromatic carboxylic acids is 2. The Labute approximate surface area is 346 Å². The molecule has 4 heterocycles. The van der Waals surface area contributed by atoms with E-state index in [2.05, 4.69) is 35.5 Å². The summed E-state index contributed by atoms with van der Waals surface area (Å²) in [5, 5.41) is 38.0. The number of H-pyrrole nitrogens is 1. The molecule has 3 N–H and O–H groups in total. The van der Waals surface area contributed by atoms with Crippen molar-refractivity contribution in [3.05, 3.63) is 97.7 Å². The van der Waals surface area contributed by atoms with Gasteiger partial charge in [-0.05, 0) is 77.8 Å². The van der Waals surface area contributed by atoms with Crippen molar-refractivity contribution in [1.29, 1.82) is 0 Å². The summed E-state index contributed by atoms with van der Waals surface area (Å²) in [6, 6.07) is 18.8. The second kappa shape index (κ2) is 16.1. The Bertz CT molecular complexity index is 2270. The van der Waals surface area contributed by atoms with Crippen LogP contribution in [-0.4, -0.2) is 99.1 Å². The highest BCUT2D eigenvalue weighted by Crippen LogP contribution is 2.54. The van der Waals surface area contributed by atoms with Gasteiger partial charge in [-0.3, -0.25) is 0 Å².